The molecule has 202 valence electrons. The van der Waals surface area contributed by atoms with Crippen LogP contribution in [0.4, 0.5) is 4.39 Å². The van der Waals surface area contributed by atoms with Crippen molar-refractivity contribution in [1.29, 1.82) is 0 Å². The van der Waals surface area contributed by atoms with Gasteiger partial charge in [0, 0.05) is 42.7 Å². The van der Waals surface area contributed by atoms with E-state index in [0.29, 0.717) is 21.3 Å². The number of amides is 1. The Balaban J connectivity index is 1.42. The highest BCUT2D eigenvalue weighted by Crippen LogP contribution is 2.28. The average molecular weight is 615 g/mol. The van der Waals surface area contributed by atoms with E-state index in [1.165, 1.54) is 22.6 Å². The highest BCUT2D eigenvalue weighted by Gasteiger charge is 2.39. The Hall–Kier alpha value is -3.58. The summed E-state index contributed by atoms with van der Waals surface area (Å²) in [5, 5.41) is 4.79. The number of hydrogen-bond donors (Lipinski definition) is 0. The fraction of sp³-hybridized carbons (Fsp3) is 0.308. The van der Waals surface area contributed by atoms with Crippen molar-refractivity contribution in [3.63, 3.8) is 0 Å². The lowest BCUT2D eigenvalue weighted by Gasteiger charge is -2.24. The molecular formula is C26H24BrFN6O4S. The SMILES string of the molecule is CC(=O)c1nn(CC(=O)N2C[C@H](F)C[C@H]2CS(=O)(=O)c2cccc(Br)n2)c2ccc(-c3cnc(C)nc3)cc12. The summed E-state index contributed by atoms with van der Waals surface area (Å²) >= 11 is 3.16. The fourth-order valence-electron chi connectivity index (χ4n) is 4.72. The fourth-order valence-corrected chi connectivity index (χ4v) is 6.70. The number of halogens is 2. The molecule has 4 heterocycles. The molecule has 1 fully saturated rings. The third-order valence-corrected chi connectivity index (χ3v) is 8.72. The molecule has 3 aromatic heterocycles. The van der Waals surface area contributed by atoms with Crippen LogP contribution in [-0.4, -0.2) is 74.3 Å². The highest BCUT2D eigenvalue weighted by molar-refractivity contribution is 9.10. The van der Waals surface area contributed by atoms with Crippen molar-refractivity contribution in [3.8, 4) is 11.1 Å². The molecule has 13 heteroatoms. The molecular weight excluding hydrogens is 591 g/mol. The number of fused-ring (bicyclic) bond motifs is 1. The molecule has 0 unspecified atom stereocenters. The van der Waals surface area contributed by atoms with E-state index in [2.05, 4.69) is 36.0 Å². The number of likely N-dealkylation sites (tertiary alicyclic amines) is 1. The molecule has 4 aromatic rings. The number of benzene rings is 1. The molecule has 1 aliphatic rings. The van der Waals surface area contributed by atoms with Gasteiger partial charge in [-0.25, -0.2) is 27.8 Å². The molecule has 0 radical (unpaired) electrons. The van der Waals surface area contributed by atoms with E-state index < -0.39 is 33.7 Å². The van der Waals surface area contributed by atoms with Crippen LogP contribution in [0.5, 0.6) is 0 Å². The smallest absolute Gasteiger partial charge is 0.244 e. The summed E-state index contributed by atoms with van der Waals surface area (Å²) in [7, 11) is -3.88. The molecule has 39 heavy (non-hydrogen) atoms. The molecule has 1 aliphatic heterocycles. The lowest BCUT2D eigenvalue weighted by Crippen LogP contribution is -2.41. The van der Waals surface area contributed by atoms with Gasteiger partial charge in [0.05, 0.1) is 17.8 Å². The van der Waals surface area contributed by atoms with Gasteiger partial charge in [0.15, 0.2) is 20.6 Å². The summed E-state index contributed by atoms with van der Waals surface area (Å²) in [4.78, 5) is 39.5. The molecule has 0 N–H and O–H groups in total. The number of aryl methyl sites for hydroxylation is 1. The number of pyridine rings is 1. The van der Waals surface area contributed by atoms with Crippen molar-refractivity contribution in [2.24, 2.45) is 0 Å². The highest BCUT2D eigenvalue weighted by atomic mass is 79.9. The summed E-state index contributed by atoms with van der Waals surface area (Å²) in [6.45, 7) is 2.67. The van der Waals surface area contributed by atoms with Gasteiger partial charge in [0.1, 0.15) is 28.8 Å². The Kier molecular flexibility index (Phi) is 7.29. The zero-order valence-electron chi connectivity index (χ0n) is 21.1. The van der Waals surface area contributed by atoms with Crippen LogP contribution in [0, 0.1) is 6.92 Å². The van der Waals surface area contributed by atoms with Crippen molar-refractivity contribution in [3.05, 3.63) is 64.9 Å². The van der Waals surface area contributed by atoms with Crippen molar-refractivity contribution >= 4 is 48.4 Å². The van der Waals surface area contributed by atoms with E-state index in [-0.39, 0.29) is 36.0 Å². The normalized spacial score (nSPS) is 17.6. The lowest BCUT2D eigenvalue weighted by molar-refractivity contribution is -0.132. The van der Waals surface area contributed by atoms with Gasteiger partial charge in [-0.3, -0.25) is 14.3 Å². The van der Waals surface area contributed by atoms with E-state index in [1.54, 1.807) is 43.6 Å². The van der Waals surface area contributed by atoms with E-state index in [4.69, 9.17) is 0 Å². The minimum Gasteiger partial charge on any atom is -0.334 e. The monoisotopic (exact) mass is 614 g/mol. The largest absolute Gasteiger partial charge is 0.334 e. The number of aromatic nitrogens is 5. The van der Waals surface area contributed by atoms with Crippen LogP contribution in [0.15, 0.2) is 58.4 Å². The molecule has 0 saturated carbocycles. The van der Waals surface area contributed by atoms with Gasteiger partial charge < -0.3 is 4.90 Å². The molecule has 1 aromatic carbocycles. The second kappa shape index (κ2) is 10.5. The quantitative estimate of drug-likeness (QED) is 0.228. The molecule has 0 spiro atoms. The maximum atomic E-state index is 14.5. The van der Waals surface area contributed by atoms with Crippen LogP contribution in [0.3, 0.4) is 0 Å². The molecule has 2 atom stereocenters. The van der Waals surface area contributed by atoms with Crippen LogP contribution in [0.2, 0.25) is 0 Å². The summed E-state index contributed by atoms with van der Waals surface area (Å²) in [6, 6.07) is 9.01. The Morgan fingerprint density at radius 2 is 1.87 bits per heavy atom. The Labute approximate surface area is 232 Å². The van der Waals surface area contributed by atoms with Gasteiger partial charge in [-0.05, 0) is 52.7 Å². The number of alkyl halides is 1. The first kappa shape index (κ1) is 27.0. The zero-order chi connectivity index (χ0) is 27.9. The first-order chi connectivity index (χ1) is 18.5. The Bertz CT molecular complexity index is 1690. The second-order valence-corrected chi connectivity index (χ2v) is 12.2. The van der Waals surface area contributed by atoms with Crippen molar-refractivity contribution in [2.75, 3.05) is 12.3 Å². The number of carbonyl (C=O) groups is 2. The van der Waals surface area contributed by atoms with Crippen LogP contribution in [0.25, 0.3) is 22.0 Å². The minimum atomic E-state index is -3.88. The van der Waals surface area contributed by atoms with E-state index in [1.807, 2.05) is 6.07 Å². The van der Waals surface area contributed by atoms with Crippen LogP contribution >= 0.6 is 15.9 Å². The Morgan fingerprint density at radius 3 is 2.56 bits per heavy atom. The number of Topliss-reactive ketones (excluding diaryl/α,β-unsaturated/α-hetero) is 1. The predicted molar refractivity (Wildman–Crippen MR) is 145 cm³/mol. The average Bonchev–Trinajstić information content (AvgIpc) is 3.43. The van der Waals surface area contributed by atoms with Crippen LogP contribution in [-0.2, 0) is 21.2 Å². The number of sulfone groups is 1. The van der Waals surface area contributed by atoms with Crippen molar-refractivity contribution < 1.29 is 22.4 Å². The molecule has 0 aliphatic carbocycles. The zero-order valence-corrected chi connectivity index (χ0v) is 23.5. The van der Waals surface area contributed by atoms with Gasteiger partial charge in [-0.15, -0.1) is 0 Å². The summed E-state index contributed by atoms with van der Waals surface area (Å²) in [6.07, 6.45) is 1.91. The molecule has 1 saturated heterocycles. The standard InChI is InChI=1S/C26H24BrFN6O4S/c1-15(35)26-21-8-17(18-10-29-16(2)30-11-18)6-7-22(21)34(32-26)13-25(36)33-12-19(28)9-20(33)14-39(37,38)24-5-3-4-23(27)31-24/h3-8,10-11,19-20H,9,12-14H2,1-2H3/t19-,20+/m1/s1. The maximum absolute atomic E-state index is 14.5. The van der Waals surface area contributed by atoms with Crippen LogP contribution in [0.1, 0.15) is 29.7 Å². The van der Waals surface area contributed by atoms with Crippen molar-refractivity contribution in [1.82, 2.24) is 29.6 Å². The maximum Gasteiger partial charge on any atom is 0.244 e. The topological polar surface area (TPSA) is 128 Å². The number of ketones is 1. The number of hydrogen-bond acceptors (Lipinski definition) is 8. The predicted octanol–water partition coefficient (Wildman–Crippen LogP) is 3.57. The van der Waals surface area contributed by atoms with Gasteiger partial charge in [0.2, 0.25) is 5.91 Å². The van der Waals surface area contributed by atoms with Crippen molar-refractivity contribution in [2.45, 2.75) is 44.1 Å². The third-order valence-electron chi connectivity index (χ3n) is 6.59. The first-order valence-electron chi connectivity index (χ1n) is 12.1. The summed E-state index contributed by atoms with van der Waals surface area (Å²) in [5.74, 6) is -0.595. The molecule has 1 amide bonds. The van der Waals surface area contributed by atoms with E-state index in [9.17, 15) is 22.4 Å². The molecule has 0 bridgehead atoms. The van der Waals surface area contributed by atoms with E-state index in [0.717, 1.165) is 11.1 Å². The van der Waals surface area contributed by atoms with Gasteiger partial charge in [-0.2, -0.15) is 5.10 Å². The van der Waals surface area contributed by atoms with E-state index >= 15 is 0 Å². The van der Waals surface area contributed by atoms with Gasteiger partial charge in [-0.1, -0.05) is 12.1 Å². The number of nitrogens with zero attached hydrogens (tertiary/aromatic N) is 6. The Morgan fingerprint density at radius 1 is 1.13 bits per heavy atom. The lowest BCUT2D eigenvalue weighted by atomic mass is 10.0. The minimum absolute atomic E-state index is 0.0977. The number of rotatable bonds is 7. The van der Waals surface area contributed by atoms with Gasteiger partial charge in [0.25, 0.3) is 0 Å². The molecule has 5 rings (SSSR count). The van der Waals surface area contributed by atoms with Crippen LogP contribution < -0.4 is 0 Å². The summed E-state index contributed by atoms with van der Waals surface area (Å²) < 4.78 is 42.2. The number of carbonyl (C=O) groups excluding carboxylic acids is 2. The first-order valence-corrected chi connectivity index (χ1v) is 14.6. The van der Waals surface area contributed by atoms with Gasteiger partial charge >= 0.3 is 0 Å². The third kappa shape index (κ3) is 5.59. The summed E-state index contributed by atoms with van der Waals surface area (Å²) in [5.41, 5.74) is 2.28. The second-order valence-electron chi connectivity index (χ2n) is 9.43. The molecule has 10 nitrogen and oxygen atoms in total.